The molecule has 2 heterocycles. The van der Waals surface area contributed by atoms with Gasteiger partial charge in [0.1, 0.15) is 17.6 Å². The SMILES string of the molecule is CCOCCOC(=O)C1=C(C)NC(C)=C(C(=O)OCC)C1c1cccc2nonc12. The van der Waals surface area contributed by atoms with E-state index in [0.29, 0.717) is 45.7 Å². The zero-order valence-electron chi connectivity index (χ0n) is 17.5. The first kappa shape index (κ1) is 21.5. The standard InChI is InChI=1S/C21H25N3O6/c1-5-27-10-11-29-21(26)17-13(4)22-12(3)16(20(25)28-6-2)18(17)14-8-7-9-15-19(14)24-30-23-15/h7-9,18,22H,5-6,10-11H2,1-4H3. The third-order valence-electron chi connectivity index (χ3n) is 4.77. The van der Waals surface area contributed by atoms with Gasteiger partial charge in [-0.3, -0.25) is 0 Å². The third-order valence-corrected chi connectivity index (χ3v) is 4.77. The molecular weight excluding hydrogens is 390 g/mol. The van der Waals surface area contributed by atoms with Gasteiger partial charge in [-0.2, -0.15) is 0 Å². The fraction of sp³-hybridized carbons (Fsp3) is 0.429. The summed E-state index contributed by atoms with van der Waals surface area (Å²) in [4.78, 5) is 25.9. The molecule has 1 aromatic heterocycles. The Morgan fingerprint density at radius 3 is 2.37 bits per heavy atom. The highest BCUT2D eigenvalue weighted by Gasteiger charge is 2.39. The Hall–Kier alpha value is -3.20. The zero-order valence-corrected chi connectivity index (χ0v) is 17.5. The molecule has 0 radical (unpaired) electrons. The van der Waals surface area contributed by atoms with Crippen LogP contribution in [0.25, 0.3) is 11.0 Å². The minimum Gasteiger partial charge on any atom is -0.463 e. The van der Waals surface area contributed by atoms with Gasteiger partial charge in [-0.15, -0.1) is 0 Å². The summed E-state index contributed by atoms with van der Waals surface area (Å²) in [5.74, 6) is -1.82. The lowest BCUT2D eigenvalue weighted by Gasteiger charge is -2.30. The van der Waals surface area contributed by atoms with Crippen molar-refractivity contribution in [3.05, 3.63) is 46.3 Å². The van der Waals surface area contributed by atoms with Crippen molar-refractivity contribution in [2.75, 3.05) is 26.4 Å². The number of ether oxygens (including phenoxy) is 3. The van der Waals surface area contributed by atoms with Gasteiger partial charge < -0.3 is 19.5 Å². The Morgan fingerprint density at radius 1 is 1.00 bits per heavy atom. The number of rotatable bonds is 8. The number of nitrogens with one attached hydrogen (secondary N) is 1. The van der Waals surface area contributed by atoms with Crippen LogP contribution in [0.15, 0.2) is 45.4 Å². The van der Waals surface area contributed by atoms with Crippen LogP contribution in [-0.4, -0.2) is 48.7 Å². The molecule has 160 valence electrons. The van der Waals surface area contributed by atoms with Gasteiger partial charge in [-0.25, -0.2) is 14.2 Å². The molecule has 0 spiro atoms. The molecule has 2 aromatic rings. The lowest BCUT2D eigenvalue weighted by Crippen LogP contribution is -2.33. The summed E-state index contributed by atoms with van der Waals surface area (Å²) in [6.07, 6.45) is 0. The number of allylic oxidation sites excluding steroid dienone is 2. The quantitative estimate of drug-likeness (QED) is 0.513. The first-order valence-corrected chi connectivity index (χ1v) is 9.81. The van der Waals surface area contributed by atoms with Gasteiger partial charge >= 0.3 is 11.9 Å². The van der Waals surface area contributed by atoms with Gasteiger partial charge in [0.25, 0.3) is 0 Å². The van der Waals surface area contributed by atoms with Gasteiger partial charge in [0, 0.05) is 18.0 Å². The number of aromatic nitrogens is 2. The highest BCUT2D eigenvalue weighted by molar-refractivity contribution is 6.01. The first-order chi connectivity index (χ1) is 14.5. The van der Waals surface area contributed by atoms with E-state index in [1.165, 1.54) is 0 Å². The van der Waals surface area contributed by atoms with Crippen LogP contribution in [0, 0.1) is 0 Å². The Bertz CT molecular complexity index is 1010. The maximum atomic E-state index is 13.1. The molecule has 0 saturated heterocycles. The predicted octanol–water partition coefficient (Wildman–Crippen LogP) is 2.60. The summed E-state index contributed by atoms with van der Waals surface area (Å²) in [6.45, 7) is 8.24. The van der Waals surface area contributed by atoms with Gasteiger partial charge in [-0.1, -0.05) is 12.1 Å². The molecule has 1 unspecified atom stereocenters. The Balaban J connectivity index is 2.09. The van der Waals surface area contributed by atoms with E-state index in [1.54, 1.807) is 39.0 Å². The molecule has 1 aliphatic rings. The number of fused-ring (bicyclic) bond motifs is 1. The molecule has 1 N–H and O–H groups in total. The monoisotopic (exact) mass is 415 g/mol. The van der Waals surface area contributed by atoms with Crippen molar-refractivity contribution in [1.82, 2.24) is 15.6 Å². The lowest BCUT2D eigenvalue weighted by atomic mass is 9.80. The maximum absolute atomic E-state index is 13.1. The van der Waals surface area contributed by atoms with Crippen LogP contribution in [0.4, 0.5) is 0 Å². The number of hydrogen-bond donors (Lipinski definition) is 1. The molecule has 30 heavy (non-hydrogen) atoms. The van der Waals surface area contributed by atoms with Crippen molar-refractivity contribution in [2.24, 2.45) is 0 Å². The predicted molar refractivity (Wildman–Crippen MR) is 107 cm³/mol. The molecule has 9 heteroatoms. The van der Waals surface area contributed by atoms with Crippen LogP contribution in [0.5, 0.6) is 0 Å². The highest BCUT2D eigenvalue weighted by Crippen LogP contribution is 2.41. The van der Waals surface area contributed by atoms with Crippen LogP contribution in [0.2, 0.25) is 0 Å². The summed E-state index contributed by atoms with van der Waals surface area (Å²) < 4.78 is 20.8. The molecule has 1 aromatic carbocycles. The molecule has 1 aliphatic heterocycles. The Kier molecular flexibility index (Phi) is 6.83. The van der Waals surface area contributed by atoms with Crippen LogP contribution >= 0.6 is 0 Å². The minimum atomic E-state index is -0.750. The summed E-state index contributed by atoms with van der Waals surface area (Å²) in [5.41, 5.74) is 3.38. The summed E-state index contributed by atoms with van der Waals surface area (Å²) >= 11 is 0. The molecule has 0 bridgehead atoms. The van der Waals surface area contributed by atoms with E-state index in [0.717, 1.165) is 0 Å². The van der Waals surface area contributed by atoms with Gasteiger partial charge in [0.15, 0.2) is 0 Å². The van der Waals surface area contributed by atoms with E-state index in [4.69, 9.17) is 18.8 Å². The summed E-state index contributed by atoms with van der Waals surface area (Å²) in [5, 5.41) is 11.0. The number of hydrogen-bond acceptors (Lipinski definition) is 9. The van der Waals surface area contributed by atoms with Crippen molar-refractivity contribution < 1.29 is 28.4 Å². The van der Waals surface area contributed by atoms with Crippen LogP contribution in [0.1, 0.15) is 39.2 Å². The third kappa shape index (κ3) is 4.20. The Morgan fingerprint density at radius 2 is 1.70 bits per heavy atom. The van der Waals surface area contributed by atoms with Gasteiger partial charge in [-0.05, 0) is 49.6 Å². The fourth-order valence-corrected chi connectivity index (χ4v) is 3.53. The second-order valence-electron chi connectivity index (χ2n) is 6.67. The van der Waals surface area contributed by atoms with E-state index < -0.39 is 17.9 Å². The number of carbonyl (C=O) groups is 2. The normalized spacial score (nSPS) is 16.6. The van der Waals surface area contributed by atoms with Crippen LogP contribution in [-0.2, 0) is 23.8 Å². The molecule has 0 aliphatic carbocycles. The molecule has 9 nitrogen and oxygen atoms in total. The highest BCUT2D eigenvalue weighted by atomic mass is 16.6. The number of esters is 2. The van der Waals surface area contributed by atoms with E-state index >= 15 is 0 Å². The number of dihydropyridines is 1. The summed E-state index contributed by atoms with van der Waals surface area (Å²) in [7, 11) is 0. The van der Waals surface area contributed by atoms with Crippen LogP contribution in [0.3, 0.4) is 0 Å². The number of nitrogens with zero attached hydrogens (tertiary/aromatic N) is 2. The largest absolute Gasteiger partial charge is 0.463 e. The van der Waals surface area contributed by atoms with Crippen molar-refractivity contribution >= 4 is 23.0 Å². The average Bonchev–Trinajstić information content (AvgIpc) is 3.19. The second kappa shape index (κ2) is 9.53. The first-order valence-electron chi connectivity index (χ1n) is 9.81. The molecule has 1 atom stereocenters. The fourth-order valence-electron chi connectivity index (χ4n) is 3.53. The zero-order chi connectivity index (χ0) is 21.7. The van der Waals surface area contributed by atoms with E-state index in [9.17, 15) is 9.59 Å². The van der Waals surface area contributed by atoms with Crippen molar-refractivity contribution in [3.8, 4) is 0 Å². The van der Waals surface area contributed by atoms with Crippen LogP contribution < -0.4 is 5.32 Å². The number of carbonyl (C=O) groups excluding carboxylic acids is 2. The van der Waals surface area contributed by atoms with E-state index in [1.807, 2.05) is 6.92 Å². The van der Waals surface area contributed by atoms with Gasteiger partial charge in [0.05, 0.1) is 30.3 Å². The number of benzene rings is 1. The Labute approximate surface area is 174 Å². The maximum Gasteiger partial charge on any atom is 0.336 e. The average molecular weight is 415 g/mol. The molecular formula is C21H25N3O6. The smallest absolute Gasteiger partial charge is 0.336 e. The second-order valence-corrected chi connectivity index (χ2v) is 6.67. The van der Waals surface area contributed by atoms with Crippen molar-refractivity contribution in [2.45, 2.75) is 33.6 Å². The minimum absolute atomic E-state index is 0.101. The summed E-state index contributed by atoms with van der Waals surface area (Å²) in [6, 6.07) is 5.30. The molecule has 0 fully saturated rings. The molecule has 3 rings (SSSR count). The van der Waals surface area contributed by atoms with E-state index in [-0.39, 0.29) is 19.8 Å². The topological polar surface area (TPSA) is 113 Å². The lowest BCUT2D eigenvalue weighted by molar-refractivity contribution is -0.141. The molecule has 0 amide bonds. The van der Waals surface area contributed by atoms with Crippen molar-refractivity contribution in [3.63, 3.8) is 0 Å². The molecule has 0 saturated carbocycles. The van der Waals surface area contributed by atoms with Crippen molar-refractivity contribution in [1.29, 1.82) is 0 Å². The van der Waals surface area contributed by atoms with Gasteiger partial charge in [0.2, 0.25) is 0 Å². The van der Waals surface area contributed by atoms with E-state index in [2.05, 4.69) is 15.6 Å².